The van der Waals surface area contributed by atoms with Crippen LogP contribution in [0.25, 0.3) is 0 Å². The fraction of sp³-hybridized carbons (Fsp3) is 0. The van der Waals surface area contributed by atoms with Crippen LogP contribution in [0.5, 0.6) is 0 Å². The maximum atomic E-state index is 8.52. The number of rotatable bonds is 0. The molecule has 0 amide bonds. The summed E-state index contributed by atoms with van der Waals surface area (Å²) < 4.78 is 34.1. The molecule has 0 aromatic rings. The molecule has 7 N–H and O–H groups in total. The predicted octanol–water partition coefficient (Wildman–Crippen LogP) is -1.59. The van der Waals surface area contributed by atoms with Gasteiger partial charge in [-0.25, -0.2) is 0 Å². The third kappa shape index (κ3) is 163000. The molecule has 0 atom stereocenters. The van der Waals surface area contributed by atoms with Gasteiger partial charge in [-0.2, -0.15) is 0 Å². The summed E-state index contributed by atoms with van der Waals surface area (Å²) >= 11 is 0. The summed E-state index contributed by atoms with van der Waals surface area (Å²) in [6, 6.07) is 0. The van der Waals surface area contributed by atoms with Crippen molar-refractivity contribution in [1.29, 1.82) is 0 Å². The van der Waals surface area contributed by atoms with Crippen LogP contribution in [-0.2, 0) is 27.5 Å². The van der Waals surface area contributed by atoms with Crippen LogP contribution in [0, 0.1) is 0 Å². The van der Waals surface area contributed by atoms with Gasteiger partial charge in [-0.05, 0) is 6.58 Å². The Bertz CT molecular complexity index is 135. The van der Waals surface area contributed by atoms with Crippen molar-refractivity contribution in [3.05, 3.63) is 12.8 Å². The van der Waals surface area contributed by atoms with Crippen molar-refractivity contribution in [2.45, 2.75) is 0 Å². The summed E-state index contributed by atoms with van der Waals surface area (Å²) in [4.78, 5) is 0. The van der Waals surface area contributed by atoms with Crippen molar-refractivity contribution in [1.82, 2.24) is 6.15 Å². The fourth-order valence-electron chi connectivity index (χ4n) is 0. The van der Waals surface area contributed by atoms with Crippen LogP contribution in [0.1, 0.15) is 0 Å². The van der Waals surface area contributed by atoms with Gasteiger partial charge in [0.25, 0.3) is 0 Å². The minimum Gasteiger partial charge on any atom is -0.759 e. The summed E-state index contributed by atoms with van der Waals surface area (Å²) in [5.41, 5.74) is 3.25. The second-order valence-corrected chi connectivity index (χ2v) is 1.51. The van der Waals surface area contributed by atoms with E-state index in [1.165, 1.54) is 6.20 Å². The van der Waals surface area contributed by atoms with Crippen LogP contribution in [0.4, 0.5) is 0 Å². The van der Waals surface area contributed by atoms with E-state index in [2.05, 4.69) is 12.3 Å². The van der Waals surface area contributed by atoms with Gasteiger partial charge in [0.2, 0.25) is 0 Å². The molecular formula is C2H10FeN2O4S. The maximum Gasteiger partial charge on any atom is 0.0836 e. The molecule has 0 aliphatic heterocycles. The fourth-order valence-corrected chi connectivity index (χ4v) is 0. The molecule has 0 aromatic heterocycles. The van der Waals surface area contributed by atoms with E-state index in [0.29, 0.717) is 0 Å². The molecule has 10 heavy (non-hydrogen) atoms. The van der Waals surface area contributed by atoms with E-state index in [9.17, 15) is 0 Å². The molecule has 0 aromatic carbocycles. The Balaban J connectivity index is -0.0000000326. The largest absolute Gasteiger partial charge is 0.759 e. The molecule has 0 rings (SSSR count). The van der Waals surface area contributed by atoms with E-state index < -0.39 is 10.4 Å². The Kier molecular flexibility index (Phi) is 26.5. The summed E-state index contributed by atoms with van der Waals surface area (Å²) in [5, 5.41) is 0. The molecule has 66 valence electrons. The Hall–Kier alpha value is 0.0495. The minimum atomic E-state index is -5.17. The molecule has 0 heterocycles. The molecule has 0 unspecified atom stereocenters. The number of hydrogen-bond acceptors (Lipinski definition) is 4. The molecule has 6 nitrogen and oxygen atoms in total. The van der Waals surface area contributed by atoms with E-state index in [0.717, 1.165) is 0 Å². The standard InChI is InChI=1S/C2H5N.Fe.H3N.H2O4S/c1-2-3;;;1-5(2,3)4/h2H,1,3H2;;1H3;(H2,1,2,3,4). The van der Waals surface area contributed by atoms with Crippen LogP contribution in [0.15, 0.2) is 12.8 Å². The first-order valence-electron chi connectivity index (χ1n) is 1.48. The minimum absolute atomic E-state index is 0. The quantitative estimate of drug-likeness (QED) is 0.284. The molecule has 8 heteroatoms. The molecular weight excluding hydrogens is 204 g/mol. The molecule has 0 radical (unpaired) electrons. The first-order chi connectivity index (χ1) is 3.41. The normalized spacial score (nSPS) is 7.10. The van der Waals surface area contributed by atoms with Crippen LogP contribution in [0.3, 0.4) is 0 Å². The SMILES string of the molecule is C=C[NH3+].O=S(=O)([O-])[O-].[Fe].[NH4+]. The average Bonchev–Trinajstić information content (AvgIpc) is 1.27. The number of quaternary nitrogens is 2. The average molecular weight is 214 g/mol. The van der Waals surface area contributed by atoms with Gasteiger partial charge in [0.15, 0.2) is 0 Å². The Morgan fingerprint density at radius 2 is 1.40 bits per heavy atom. The van der Waals surface area contributed by atoms with Crippen molar-refractivity contribution in [3.8, 4) is 0 Å². The third-order valence-electron chi connectivity index (χ3n) is 0. The van der Waals surface area contributed by atoms with Crippen LogP contribution in [0.2, 0.25) is 0 Å². The van der Waals surface area contributed by atoms with E-state index >= 15 is 0 Å². The van der Waals surface area contributed by atoms with Gasteiger partial charge in [0.1, 0.15) is 0 Å². The zero-order chi connectivity index (χ0) is 7.21. The molecule has 0 saturated carbocycles. The topological polar surface area (TPSA) is 144 Å². The van der Waals surface area contributed by atoms with Gasteiger partial charge in [0.05, 0.1) is 6.20 Å². The second kappa shape index (κ2) is 11.8. The third-order valence-corrected chi connectivity index (χ3v) is 0. The Morgan fingerprint density at radius 3 is 1.40 bits per heavy atom. The first kappa shape index (κ1) is 22.5. The maximum absolute atomic E-state index is 8.52. The van der Waals surface area contributed by atoms with Gasteiger partial charge < -0.3 is 21.0 Å². The molecule has 0 aliphatic rings. The summed E-state index contributed by atoms with van der Waals surface area (Å²) in [7, 11) is -5.17. The molecule has 0 aliphatic carbocycles. The second-order valence-electron chi connectivity index (χ2n) is 0.697. The van der Waals surface area contributed by atoms with Crippen molar-refractivity contribution in [2.24, 2.45) is 0 Å². The van der Waals surface area contributed by atoms with Crippen LogP contribution >= 0.6 is 0 Å². The van der Waals surface area contributed by atoms with Gasteiger partial charge >= 0.3 is 0 Å². The first-order valence-corrected chi connectivity index (χ1v) is 2.82. The number of hydrogen-bond donors (Lipinski definition) is 2. The van der Waals surface area contributed by atoms with Crippen molar-refractivity contribution < 1.29 is 40.3 Å². The van der Waals surface area contributed by atoms with E-state index in [1.807, 2.05) is 0 Å². The van der Waals surface area contributed by atoms with E-state index in [1.54, 1.807) is 0 Å². The Labute approximate surface area is 70.1 Å². The zero-order valence-electron chi connectivity index (χ0n) is 5.39. The van der Waals surface area contributed by atoms with Crippen molar-refractivity contribution in [2.75, 3.05) is 0 Å². The van der Waals surface area contributed by atoms with Gasteiger partial charge in [-0.3, -0.25) is 8.42 Å². The molecule has 0 fully saturated rings. The summed E-state index contributed by atoms with van der Waals surface area (Å²) in [6.07, 6.45) is 1.50. The Morgan fingerprint density at radius 1 is 1.40 bits per heavy atom. The van der Waals surface area contributed by atoms with Crippen LogP contribution < -0.4 is 11.9 Å². The molecule has 0 saturated heterocycles. The van der Waals surface area contributed by atoms with Gasteiger partial charge in [-0.1, -0.05) is 0 Å². The summed E-state index contributed by atoms with van der Waals surface area (Å²) in [6.45, 7) is 3.25. The van der Waals surface area contributed by atoms with E-state index in [4.69, 9.17) is 17.5 Å². The smallest absolute Gasteiger partial charge is 0.0836 e. The van der Waals surface area contributed by atoms with Crippen molar-refractivity contribution >= 4 is 10.4 Å². The van der Waals surface area contributed by atoms with Gasteiger partial charge in [0, 0.05) is 27.5 Å². The summed E-state index contributed by atoms with van der Waals surface area (Å²) in [5.74, 6) is 0. The molecule has 0 spiro atoms. The zero-order valence-corrected chi connectivity index (χ0v) is 7.31. The molecule has 0 bridgehead atoms. The van der Waals surface area contributed by atoms with Crippen LogP contribution in [-0.4, -0.2) is 17.5 Å². The predicted molar refractivity (Wildman–Crippen MR) is 29.5 cm³/mol. The monoisotopic (exact) mass is 214 g/mol. The van der Waals surface area contributed by atoms with Crippen molar-refractivity contribution in [3.63, 3.8) is 0 Å². The van der Waals surface area contributed by atoms with E-state index in [-0.39, 0.29) is 23.2 Å². The van der Waals surface area contributed by atoms with Gasteiger partial charge in [-0.15, -0.1) is 0 Å².